The summed E-state index contributed by atoms with van der Waals surface area (Å²) in [5, 5.41) is 0. The molecule has 0 aliphatic rings. The summed E-state index contributed by atoms with van der Waals surface area (Å²) >= 11 is 0. The second kappa shape index (κ2) is 46.1. The first kappa shape index (κ1) is 54.4. The van der Waals surface area contributed by atoms with E-state index in [-0.39, 0.29) is 31.1 Å². The van der Waals surface area contributed by atoms with E-state index in [1.54, 1.807) is 0 Å². The number of allylic oxidation sites excluding steroid dienone is 8. The number of hydrogen-bond acceptors (Lipinski definition) is 6. The van der Waals surface area contributed by atoms with Crippen molar-refractivity contribution in [2.75, 3.05) is 13.2 Å². The van der Waals surface area contributed by atoms with E-state index in [1.165, 1.54) is 96.3 Å². The molecular formula is C51H90O6. The Labute approximate surface area is 352 Å². The quantitative estimate of drug-likeness (QED) is 0.0265. The third-order valence-electron chi connectivity index (χ3n) is 10.3. The zero-order valence-electron chi connectivity index (χ0n) is 37.6. The Bertz CT molecular complexity index is 1010. The van der Waals surface area contributed by atoms with Gasteiger partial charge in [0, 0.05) is 19.3 Å². The van der Waals surface area contributed by atoms with Crippen LogP contribution >= 0.6 is 0 Å². The molecule has 0 unspecified atom stereocenters. The highest BCUT2D eigenvalue weighted by Gasteiger charge is 2.19. The Kier molecular flexibility index (Phi) is 43.9. The monoisotopic (exact) mass is 799 g/mol. The van der Waals surface area contributed by atoms with Crippen molar-refractivity contribution >= 4 is 17.9 Å². The molecule has 0 saturated heterocycles. The van der Waals surface area contributed by atoms with Crippen LogP contribution < -0.4 is 0 Å². The number of unbranched alkanes of at least 4 members (excludes halogenated alkanes) is 24. The minimum absolute atomic E-state index is 0.0811. The fraction of sp³-hybridized carbons (Fsp3) is 0.784. The SMILES string of the molecule is CC/C=C\C/C=C\C/C=C\CCCCCCCC(=O)O[C@H](COC(=O)CCCCCCC/C=C\CCCCCC)COC(=O)CCCCCCCCCCCCC. The van der Waals surface area contributed by atoms with E-state index in [9.17, 15) is 14.4 Å². The molecule has 0 fully saturated rings. The fourth-order valence-electron chi connectivity index (χ4n) is 6.69. The van der Waals surface area contributed by atoms with E-state index in [0.29, 0.717) is 19.3 Å². The van der Waals surface area contributed by atoms with Gasteiger partial charge in [0.2, 0.25) is 0 Å². The standard InChI is InChI=1S/C51H90O6/c1-4-7-10-13-16-19-22-24-25-27-30-33-36-39-42-45-51(54)57-48(46-55-49(52)43-40-37-34-31-28-21-18-15-12-9-6-3)47-56-50(53)44-41-38-35-32-29-26-23-20-17-14-11-8-5-2/h7,10,16,19-20,23-25,48H,4-6,8-9,11-15,17-18,21-22,26-47H2,1-3H3/b10-7-,19-16-,23-20-,25-24-/t48-/m0/s1. The topological polar surface area (TPSA) is 78.9 Å². The molecular weight excluding hydrogens is 709 g/mol. The number of rotatable bonds is 43. The molecule has 0 amide bonds. The van der Waals surface area contributed by atoms with Crippen molar-refractivity contribution in [3.05, 3.63) is 48.6 Å². The van der Waals surface area contributed by atoms with Gasteiger partial charge in [-0.05, 0) is 77.0 Å². The van der Waals surface area contributed by atoms with Crippen LogP contribution in [0.1, 0.15) is 239 Å². The zero-order valence-corrected chi connectivity index (χ0v) is 37.6. The van der Waals surface area contributed by atoms with Crippen LogP contribution in [-0.4, -0.2) is 37.2 Å². The van der Waals surface area contributed by atoms with Gasteiger partial charge in [0.25, 0.3) is 0 Å². The van der Waals surface area contributed by atoms with E-state index in [0.717, 1.165) is 103 Å². The summed E-state index contributed by atoms with van der Waals surface area (Å²) in [6, 6.07) is 0. The first-order chi connectivity index (χ1) is 28.0. The number of ether oxygens (including phenoxy) is 3. The molecule has 0 aromatic heterocycles. The van der Waals surface area contributed by atoms with Gasteiger partial charge in [-0.15, -0.1) is 0 Å². The van der Waals surface area contributed by atoms with Crippen LogP contribution in [0.25, 0.3) is 0 Å². The molecule has 0 heterocycles. The Morgan fingerprint density at radius 2 is 0.684 bits per heavy atom. The highest BCUT2D eigenvalue weighted by atomic mass is 16.6. The van der Waals surface area contributed by atoms with Crippen molar-refractivity contribution in [2.45, 2.75) is 245 Å². The third-order valence-corrected chi connectivity index (χ3v) is 10.3. The highest BCUT2D eigenvalue weighted by Crippen LogP contribution is 2.14. The fourth-order valence-corrected chi connectivity index (χ4v) is 6.69. The van der Waals surface area contributed by atoms with Crippen LogP contribution in [0.2, 0.25) is 0 Å². The molecule has 0 aliphatic heterocycles. The van der Waals surface area contributed by atoms with Crippen molar-refractivity contribution in [3.8, 4) is 0 Å². The Balaban J connectivity index is 4.41. The maximum Gasteiger partial charge on any atom is 0.306 e. The second-order valence-corrected chi connectivity index (χ2v) is 16.0. The van der Waals surface area contributed by atoms with Crippen molar-refractivity contribution < 1.29 is 28.6 Å². The molecule has 0 spiro atoms. The Morgan fingerprint density at radius 1 is 0.368 bits per heavy atom. The van der Waals surface area contributed by atoms with Crippen LogP contribution in [0.3, 0.4) is 0 Å². The lowest BCUT2D eigenvalue weighted by molar-refractivity contribution is -0.167. The lowest BCUT2D eigenvalue weighted by Crippen LogP contribution is -2.30. The Morgan fingerprint density at radius 3 is 1.11 bits per heavy atom. The van der Waals surface area contributed by atoms with Gasteiger partial charge < -0.3 is 14.2 Å². The number of carbonyl (C=O) groups is 3. The predicted octanol–water partition coefficient (Wildman–Crippen LogP) is 15.5. The maximum atomic E-state index is 12.7. The minimum Gasteiger partial charge on any atom is -0.462 e. The van der Waals surface area contributed by atoms with Gasteiger partial charge in [-0.1, -0.05) is 191 Å². The van der Waals surface area contributed by atoms with Crippen LogP contribution in [0.4, 0.5) is 0 Å². The maximum absolute atomic E-state index is 12.7. The van der Waals surface area contributed by atoms with Crippen LogP contribution in [0, 0.1) is 0 Å². The molecule has 0 aromatic rings. The largest absolute Gasteiger partial charge is 0.462 e. The van der Waals surface area contributed by atoms with Crippen LogP contribution in [-0.2, 0) is 28.6 Å². The van der Waals surface area contributed by atoms with Gasteiger partial charge in [0.05, 0.1) is 0 Å². The molecule has 6 nitrogen and oxygen atoms in total. The summed E-state index contributed by atoms with van der Waals surface area (Å²) in [4.78, 5) is 37.8. The number of carbonyl (C=O) groups excluding carboxylic acids is 3. The molecule has 330 valence electrons. The normalized spacial score (nSPS) is 12.4. The predicted molar refractivity (Wildman–Crippen MR) is 242 cm³/mol. The van der Waals surface area contributed by atoms with Gasteiger partial charge in [0.1, 0.15) is 13.2 Å². The van der Waals surface area contributed by atoms with Gasteiger partial charge in [-0.3, -0.25) is 14.4 Å². The summed E-state index contributed by atoms with van der Waals surface area (Å²) in [5.41, 5.74) is 0. The molecule has 0 saturated carbocycles. The van der Waals surface area contributed by atoms with E-state index in [2.05, 4.69) is 69.4 Å². The summed E-state index contributed by atoms with van der Waals surface area (Å²) in [7, 11) is 0. The summed E-state index contributed by atoms with van der Waals surface area (Å²) < 4.78 is 16.7. The van der Waals surface area contributed by atoms with Crippen molar-refractivity contribution in [1.29, 1.82) is 0 Å². The molecule has 0 bridgehead atoms. The van der Waals surface area contributed by atoms with E-state index in [4.69, 9.17) is 14.2 Å². The van der Waals surface area contributed by atoms with Crippen LogP contribution in [0.15, 0.2) is 48.6 Å². The lowest BCUT2D eigenvalue weighted by atomic mass is 10.1. The Hall–Kier alpha value is -2.63. The molecule has 57 heavy (non-hydrogen) atoms. The third kappa shape index (κ3) is 44.3. The van der Waals surface area contributed by atoms with Gasteiger partial charge in [0.15, 0.2) is 6.10 Å². The van der Waals surface area contributed by atoms with Crippen molar-refractivity contribution in [2.24, 2.45) is 0 Å². The average Bonchev–Trinajstić information content (AvgIpc) is 3.21. The molecule has 0 radical (unpaired) electrons. The molecule has 0 aromatic carbocycles. The molecule has 1 atom stereocenters. The van der Waals surface area contributed by atoms with Gasteiger partial charge >= 0.3 is 17.9 Å². The summed E-state index contributed by atoms with van der Waals surface area (Å²) in [6.45, 7) is 6.48. The second-order valence-electron chi connectivity index (χ2n) is 16.0. The van der Waals surface area contributed by atoms with Crippen LogP contribution in [0.5, 0.6) is 0 Å². The zero-order chi connectivity index (χ0) is 41.5. The number of esters is 3. The lowest BCUT2D eigenvalue weighted by Gasteiger charge is -2.18. The summed E-state index contributed by atoms with van der Waals surface area (Å²) in [5.74, 6) is -0.905. The first-order valence-corrected chi connectivity index (χ1v) is 24.1. The molecule has 6 heteroatoms. The van der Waals surface area contributed by atoms with E-state index in [1.807, 2.05) is 0 Å². The molecule has 0 aliphatic carbocycles. The van der Waals surface area contributed by atoms with Gasteiger partial charge in [-0.25, -0.2) is 0 Å². The van der Waals surface area contributed by atoms with Crippen molar-refractivity contribution in [1.82, 2.24) is 0 Å². The smallest absolute Gasteiger partial charge is 0.306 e. The first-order valence-electron chi connectivity index (χ1n) is 24.1. The average molecular weight is 799 g/mol. The highest BCUT2D eigenvalue weighted by molar-refractivity contribution is 5.71. The van der Waals surface area contributed by atoms with Crippen molar-refractivity contribution in [3.63, 3.8) is 0 Å². The molecule has 0 rings (SSSR count). The van der Waals surface area contributed by atoms with Gasteiger partial charge in [-0.2, -0.15) is 0 Å². The minimum atomic E-state index is -0.781. The summed E-state index contributed by atoms with van der Waals surface area (Å²) in [6.07, 6.45) is 53.7. The van der Waals surface area contributed by atoms with E-state index < -0.39 is 6.10 Å². The van der Waals surface area contributed by atoms with E-state index >= 15 is 0 Å². The number of hydrogen-bond donors (Lipinski definition) is 0. The molecule has 0 N–H and O–H groups in total.